The molecule has 0 radical (unpaired) electrons. The van der Waals surface area contributed by atoms with Crippen LogP contribution in [-0.4, -0.2) is 47.5 Å². The van der Waals surface area contributed by atoms with Crippen molar-refractivity contribution in [3.05, 3.63) is 0 Å². The zero-order chi connectivity index (χ0) is 11.2. The average Bonchev–Trinajstić information content (AvgIpc) is 2.81. The van der Waals surface area contributed by atoms with Gasteiger partial charge in [-0.15, -0.1) is 0 Å². The second-order valence-corrected chi connectivity index (χ2v) is 6.93. The maximum atomic E-state index is 11.7. The van der Waals surface area contributed by atoms with E-state index in [4.69, 9.17) is 0 Å². The van der Waals surface area contributed by atoms with E-state index >= 15 is 0 Å². The molecule has 0 aromatic rings. The quantitative estimate of drug-likeness (QED) is 0.794. The molecule has 2 saturated heterocycles. The van der Waals surface area contributed by atoms with Gasteiger partial charge in [0.05, 0.1) is 0 Å². The van der Waals surface area contributed by atoms with E-state index in [1.807, 2.05) is 23.5 Å². The van der Waals surface area contributed by atoms with Crippen LogP contribution < -0.4 is 10.6 Å². The molecule has 3 nitrogen and oxygen atoms in total. The molecule has 2 unspecified atom stereocenters. The first-order chi connectivity index (χ1) is 7.84. The largest absolute Gasteiger partial charge is 0.355 e. The minimum atomic E-state index is 0.218. The molecule has 2 N–H and O–H groups in total. The molecule has 2 aliphatic rings. The van der Waals surface area contributed by atoms with Crippen LogP contribution in [0.2, 0.25) is 0 Å². The number of rotatable bonds is 4. The molecule has 0 saturated carbocycles. The number of thioether (sulfide) groups is 2. The summed E-state index contributed by atoms with van der Waals surface area (Å²) in [4.78, 5) is 11.7. The van der Waals surface area contributed by atoms with Crippen LogP contribution in [-0.2, 0) is 4.79 Å². The van der Waals surface area contributed by atoms with Gasteiger partial charge in [0.2, 0.25) is 5.91 Å². The molecule has 92 valence electrons. The second kappa shape index (κ2) is 6.77. The normalized spacial score (nSPS) is 30.2. The van der Waals surface area contributed by atoms with E-state index in [9.17, 15) is 4.79 Å². The Morgan fingerprint density at radius 1 is 1.44 bits per heavy atom. The summed E-state index contributed by atoms with van der Waals surface area (Å²) in [6.07, 6.45) is 3.03. The Morgan fingerprint density at radius 2 is 2.38 bits per heavy atom. The Hall–Kier alpha value is 0.130. The zero-order valence-electron chi connectivity index (χ0n) is 9.54. The number of carbonyl (C=O) groups is 1. The van der Waals surface area contributed by atoms with Crippen molar-refractivity contribution in [2.75, 3.05) is 30.3 Å². The molecule has 0 bridgehead atoms. The van der Waals surface area contributed by atoms with Crippen LogP contribution in [0.15, 0.2) is 0 Å². The summed E-state index contributed by atoms with van der Waals surface area (Å²) in [7, 11) is 0. The molecular formula is C11H20N2OS2. The monoisotopic (exact) mass is 260 g/mol. The van der Waals surface area contributed by atoms with Crippen LogP contribution in [0.1, 0.15) is 19.3 Å². The van der Waals surface area contributed by atoms with Crippen LogP contribution in [0.5, 0.6) is 0 Å². The molecule has 0 aliphatic carbocycles. The summed E-state index contributed by atoms with van der Waals surface area (Å²) in [6.45, 7) is 1.93. The van der Waals surface area contributed by atoms with Crippen molar-refractivity contribution in [2.24, 2.45) is 0 Å². The number of nitrogens with one attached hydrogen (secondary N) is 2. The van der Waals surface area contributed by atoms with Gasteiger partial charge in [0, 0.05) is 41.5 Å². The Labute approximate surface area is 106 Å². The van der Waals surface area contributed by atoms with E-state index < -0.39 is 0 Å². The predicted molar refractivity (Wildman–Crippen MR) is 72.2 cm³/mol. The van der Waals surface area contributed by atoms with Gasteiger partial charge < -0.3 is 10.6 Å². The smallest absolute Gasteiger partial charge is 0.221 e. The molecule has 0 spiro atoms. The van der Waals surface area contributed by atoms with Gasteiger partial charge >= 0.3 is 0 Å². The lowest BCUT2D eigenvalue weighted by Crippen LogP contribution is -2.36. The highest BCUT2D eigenvalue weighted by molar-refractivity contribution is 8.06. The van der Waals surface area contributed by atoms with E-state index in [1.165, 1.54) is 23.7 Å². The lowest BCUT2D eigenvalue weighted by atomic mass is 10.1. The van der Waals surface area contributed by atoms with Crippen LogP contribution >= 0.6 is 23.5 Å². The SMILES string of the molecule is O=C(CC1CCCN1)NCC1CSCCS1. The zero-order valence-corrected chi connectivity index (χ0v) is 11.2. The Bertz CT molecular complexity index is 226. The lowest BCUT2D eigenvalue weighted by molar-refractivity contribution is -0.121. The Kier molecular flexibility index (Phi) is 5.32. The van der Waals surface area contributed by atoms with E-state index in [0.717, 1.165) is 19.5 Å². The lowest BCUT2D eigenvalue weighted by Gasteiger charge is -2.21. The van der Waals surface area contributed by atoms with Crippen molar-refractivity contribution < 1.29 is 4.79 Å². The van der Waals surface area contributed by atoms with E-state index in [-0.39, 0.29) is 5.91 Å². The van der Waals surface area contributed by atoms with Crippen LogP contribution in [0, 0.1) is 0 Å². The maximum Gasteiger partial charge on any atom is 0.221 e. The van der Waals surface area contributed by atoms with E-state index in [2.05, 4.69) is 10.6 Å². The molecule has 2 rings (SSSR count). The molecular weight excluding hydrogens is 240 g/mol. The summed E-state index contributed by atoms with van der Waals surface area (Å²) in [5, 5.41) is 7.05. The first kappa shape index (κ1) is 12.6. The molecule has 5 heteroatoms. The molecule has 2 heterocycles. The van der Waals surface area contributed by atoms with Crippen molar-refractivity contribution in [3.63, 3.8) is 0 Å². The summed E-state index contributed by atoms with van der Waals surface area (Å²) in [5.41, 5.74) is 0. The number of hydrogen-bond donors (Lipinski definition) is 2. The molecule has 16 heavy (non-hydrogen) atoms. The maximum absolute atomic E-state index is 11.7. The molecule has 2 fully saturated rings. The first-order valence-corrected chi connectivity index (χ1v) is 8.24. The summed E-state index contributed by atoms with van der Waals surface area (Å²) in [5.74, 6) is 3.90. The topological polar surface area (TPSA) is 41.1 Å². The van der Waals surface area contributed by atoms with Gasteiger partial charge in [-0.2, -0.15) is 23.5 Å². The summed E-state index contributed by atoms with van der Waals surface area (Å²) in [6, 6.07) is 0.424. The van der Waals surface area contributed by atoms with Gasteiger partial charge in [-0.25, -0.2) is 0 Å². The molecule has 1 amide bonds. The van der Waals surface area contributed by atoms with Gasteiger partial charge in [-0.1, -0.05) is 0 Å². The van der Waals surface area contributed by atoms with Crippen molar-refractivity contribution in [2.45, 2.75) is 30.6 Å². The second-order valence-electron chi connectivity index (χ2n) is 4.37. The Morgan fingerprint density at radius 3 is 3.06 bits per heavy atom. The summed E-state index contributed by atoms with van der Waals surface area (Å²) >= 11 is 4.00. The van der Waals surface area contributed by atoms with Crippen LogP contribution in [0.25, 0.3) is 0 Å². The van der Waals surface area contributed by atoms with Crippen molar-refractivity contribution in [1.29, 1.82) is 0 Å². The molecule has 0 aromatic heterocycles. The highest BCUT2D eigenvalue weighted by Gasteiger charge is 2.19. The molecule has 2 atom stereocenters. The van der Waals surface area contributed by atoms with E-state index in [1.54, 1.807) is 0 Å². The highest BCUT2D eigenvalue weighted by Crippen LogP contribution is 2.23. The fourth-order valence-electron chi connectivity index (χ4n) is 2.11. The first-order valence-electron chi connectivity index (χ1n) is 6.04. The predicted octanol–water partition coefficient (Wildman–Crippen LogP) is 1.09. The average molecular weight is 260 g/mol. The minimum absolute atomic E-state index is 0.218. The third-order valence-corrected chi connectivity index (χ3v) is 5.85. The third kappa shape index (κ3) is 4.18. The van der Waals surface area contributed by atoms with Gasteiger partial charge in [0.15, 0.2) is 0 Å². The minimum Gasteiger partial charge on any atom is -0.355 e. The van der Waals surface area contributed by atoms with Gasteiger partial charge in [0.1, 0.15) is 0 Å². The van der Waals surface area contributed by atoms with Gasteiger partial charge in [-0.05, 0) is 19.4 Å². The van der Waals surface area contributed by atoms with Crippen molar-refractivity contribution in [1.82, 2.24) is 10.6 Å². The molecule has 0 aromatic carbocycles. The third-order valence-electron chi connectivity index (χ3n) is 3.01. The van der Waals surface area contributed by atoms with Crippen LogP contribution in [0.4, 0.5) is 0 Å². The van der Waals surface area contributed by atoms with Crippen molar-refractivity contribution in [3.8, 4) is 0 Å². The van der Waals surface area contributed by atoms with E-state index in [0.29, 0.717) is 17.7 Å². The number of hydrogen-bond acceptors (Lipinski definition) is 4. The fraction of sp³-hybridized carbons (Fsp3) is 0.909. The van der Waals surface area contributed by atoms with Gasteiger partial charge in [-0.3, -0.25) is 4.79 Å². The Balaban J connectivity index is 1.59. The fourth-order valence-corrected chi connectivity index (χ4v) is 4.72. The number of amides is 1. The van der Waals surface area contributed by atoms with Crippen LogP contribution in [0.3, 0.4) is 0 Å². The van der Waals surface area contributed by atoms with Crippen molar-refractivity contribution >= 4 is 29.4 Å². The van der Waals surface area contributed by atoms with Gasteiger partial charge in [0.25, 0.3) is 0 Å². The standard InChI is InChI=1S/C11H20N2OS2/c14-11(6-9-2-1-3-12-9)13-7-10-8-15-4-5-16-10/h9-10,12H,1-8H2,(H,13,14). The summed E-state index contributed by atoms with van der Waals surface area (Å²) < 4.78 is 0. The molecule has 2 aliphatic heterocycles. The number of carbonyl (C=O) groups excluding carboxylic acids is 1. The highest BCUT2D eigenvalue weighted by atomic mass is 32.2.